The number of para-hydroxylation sites is 1. The van der Waals surface area contributed by atoms with Crippen molar-refractivity contribution in [3.8, 4) is 22.6 Å². The summed E-state index contributed by atoms with van der Waals surface area (Å²) in [5.41, 5.74) is 8.47. The summed E-state index contributed by atoms with van der Waals surface area (Å²) in [6.45, 7) is 1.86. The van der Waals surface area contributed by atoms with Gasteiger partial charge in [0.2, 0.25) is 5.91 Å². The molecule has 4 N–H and O–H groups in total. The summed E-state index contributed by atoms with van der Waals surface area (Å²) in [5.74, 6) is 1.60. The van der Waals surface area contributed by atoms with Gasteiger partial charge in [-0.25, -0.2) is 9.97 Å². The fourth-order valence-electron chi connectivity index (χ4n) is 3.52. The number of nitrogens with two attached hydrogens (primary N) is 1. The summed E-state index contributed by atoms with van der Waals surface area (Å²) in [6.07, 6.45) is 3.88. The number of nitrogens with one attached hydrogen (secondary N) is 1. The van der Waals surface area contributed by atoms with Gasteiger partial charge in [0, 0.05) is 11.8 Å². The van der Waals surface area contributed by atoms with Crippen LogP contribution in [-0.2, 0) is 11.3 Å². The van der Waals surface area contributed by atoms with Crippen molar-refractivity contribution >= 4 is 22.8 Å². The van der Waals surface area contributed by atoms with E-state index in [0.29, 0.717) is 29.0 Å². The first-order valence-electron chi connectivity index (χ1n) is 10.4. The average molecular weight is 431 g/mol. The molecule has 0 saturated heterocycles. The third-order valence-electron chi connectivity index (χ3n) is 5.22. The van der Waals surface area contributed by atoms with Crippen molar-refractivity contribution in [3.63, 3.8) is 0 Å². The molecule has 0 aliphatic rings. The minimum Gasteiger partial charge on any atom is -0.457 e. The van der Waals surface area contributed by atoms with Gasteiger partial charge in [-0.05, 0) is 36.2 Å². The van der Waals surface area contributed by atoms with Gasteiger partial charge < -0.3 is 25.5 Å². The molecule has 1 atom stereocenters. The number of rotatable bonds is 8. The maximum Gasteiger partial charge on any atom is 0.240 e. The monoisotopic (exact) mass is 431 g/mol. The maximum atomic E-state index is 12.5. The van der Waals surface area contributed by atoms with Crippen molar-refractivity contribution in [2.24, 2.45) is 0 Å². The minimum absolute atomic E-state index is 0.0542. The lowest BCUT2D eigenvalue weighted by Gasteiger charge is -2.14. The number of ether oxygens (including phenoxy) is 1. The van der Waals surface area contributed by atoms with Crippen LogP contribution in [0.3, 0.4) is 0 Å². The Labute approximate surface area is 185 Å². The Morgan fingerprint density at radius 3 is 2.53 bits per heavy atom. The van der Waals surface area contributed by atoms with E-state index >= 15 is 0 Å². The zero-order valence-corrected chi connectivity index (χ0v) is 17.7. The largest absolute Gasteiger partial charge is 0.457 e. The van der Waals surface area contributed by atoms with E-state index in [1.54, 1.807) is 4.57 Å². The molecule has 2 aromatic carbocycles. The molecule has 32 heavy (non-hydrogen) atoms. The molecule has 0 saturated carbocycles. The molecule has 4 rings (SSSR count). The van der Waals surface area contributed by atoms with E-state index in [9.17, 15) is 9.90 Å². The molecule has 164 valence electrons. The zero-order valence-electron chi connectivity index (χ0n) is 17.7. The van der Waals surface area contributed by atoms with Gasteiger partial charge in [-0.15, -0.1) is 0 Å². The predicted octanol–water partition coefficient (Wildman–Crippen LogP) is 3.36. The van der Waals surface area contributed by atoms with Crippen LogP contribution in [0.2, 0.25) is 0 Å². The molecule has 2 heterocycles. The number of carbonyl (C=O) groups excluding carboxylic acids is 1. The van der Waals surface area contributed by atoms with Gasteiger partial charge in [-0.2, -0.15) is 0 Å². The Hall–Kier alpha value is -3.91. The molecule has 2 aromatic heterocycles. The molecule has 4 aromatic rings. The van der Waals surface area contributed by atoms with Crippen LogP contribution in [0, 0.1) is 0 Å². The van der Waals surface area contributed by atoms with Gasteiger partial charge in [0.15, 0.2) is 0 Å². The van der Waals surface area contributed by atoms with Crippen molar-refractivity contribution < 1.29 is 14.6 Å². The SMILES string of the molecule is CCC(CO)NC(=O)Cn1cc(-c2ccc(Oc3ccccc3)cc2)c2c(N)ncnc21. The Bertz CT molecular complexity index is 1200. The van der Waals surface area contributed by atoms with Crippen LogP contribution < -0.4 is 15.8 Å². The molecule has 1 unspecified atom stereocenters. The van der Waals surface area contributed by atoms with Gasteiger partial charge in [0.05, 0.1) is 18.0 Å². The van der Waals surface area contributed by atoms with Gasteiger partial charge >= 0.3 is 0 Å². The summed E-state index contributed by atoms with van der Waals surface area (Å²) < 4.78 is 7.62. The molecule has 0 fully saturated rings. The van der Waals surface area contributed by atoms with Gasteiger partial charge in [-0.1, -0.05) is 37.3 Å². The zero-order chi connectivity index (χ0) is 22.5. The van der Waals surface area contributed by atoms with Crippen molar-refractivity contribution in [3.05, 3.63) is 67.1 Å². The molecule has 8 nitrogen and oxygen atoms in total. The van der Waals surface area contributed by atoms with E-state index in [2.05, 4.69) is 15.3 Å². The lowest BCUT2D eigenvalue weighted by molar-refractivity contribution is -0.122. The molecule has 0 spiro atoms. The van der Waals surface area contributed by atoms with Crippen LogP contribution in [0.25, 0.3) is 22.2 Å². The topological polar surface area (TPSA) is 115 Å². The summed E-state index contributed by atoms with van der Waals surface area (Å²) >= 11 is 0. The quantitative estimate of drug-likeness (QED) is 0.394. The number of benzene rings is 2. The number of carbonyl (C=O) groups is 1. The van der Waals surface area contributed by atoms with Gasteiger partial charge in [-0.3, -0.25) is 4.79 Å². The standard InChI is InChI=1S/C24H25N5O3/c1-2-17(14-30)28-21(31)13-29-12-20(22-23(25)26-15-27-24(22)29)16-8-10-19(11-9-16)32-18-6-4-3-5-7-18/h3-12,15,17,30H,2,13-14H2,1H3,(H,28,31)(H2,25,26,27). The Morgan fingerprint density at radius 1 is 1.12 bits per heavy atom. The van der Waals surface area contributed by atoms with E-state index in [1.165, 1.54) is 6.33 Å². The summed E-state index contributed by atoms with van der Waals surface area (Å²) in [4.78, 5) is 21.0. The van der Waals surface area contributed by atoms with E-state index in [4.69, 9.17) is 10.5 Å². The maximum absolute atomic E-state index is 12.5. The Morgan fingerprint density at radius 2 is 1.84 bits per heavy atom. The minimum atomic E-state index is -0.277. The van der Waals surface area contributed by atoms with Crippen LogP contribution in [0.1, 0.15) is 13.3 Å². The molecular weight excluding hydrogens is 406 g/mol. The lowest BCUT2D eigenvalue weighted by Crippen LogP contribution is -2.38. The molecule has 0 aliphatic carbocycles. The third kappa shape index (κ3) is 4.55. The van der Waals surface area contributed by atoms with Gasteiger partial charge in [0.25, 0.3) is 0 Å². The highest BCUT2D eigenvalue weighted by molar-refractivity contribution is 6.01. The Kier molecular flexibility index (Phi) is 6.32. The highest BCUT2D eigenvalue weighted by atomic mass is 16.5. The first-order valence-corrected chi connectivity index (χ1v) is 10.4. The number of aliphatic hydroxyl groups excluding tert-OH is 1. The number of hydrogen-bond acceptors (Lipinski definition) is 6. The van der Waals surface area contributed by atoms with E-state index in [0.717, 1.165) is 16.9 Å². The molecular formula is C24H25N5O3. The smallest absolute Gasteiger partial charge is 0.240 e. The molecule has 0 bridgehead atoms. The third-order valence-corrected chi connectivity index (χ3v) is 5.22. The Balaban J connectivity index is 1.63. The lowest BCUT2D eigenvalue weighted by atomic mass is 10.1. The normalized spacial score (nSPS) is 11.9. The summed E-state index contributed by atoms with van der Waals surface area (Å²) in [7, 11) is 0. The number of fused-ring (bicyclic) bond motifs is 1. The number of nitrogen functional groups attached to an aromatic ring is 1. The van der Waals surface area contributed by atoms with Crippen molar-refractivity contribution in [1.29, 1.82) is 0 Å². The van der Waals surface area contributed by atoms with Crippen LogP contribution in [0.4, 0.5) is 5.82 Å². The number of amides is 1. The molecule has 1 amide bonds. The van der Waals surface area contributed by atoms with Crippen LogP contribution in [-0.4, -0.2) is 38.2 Å². The molecule has 8 heteroatoms. The van der Waals surface area contributed by atoms with E-state index in [-0.39, 0.29) is 25.1 Å². The second-order valence-electron chi connectivity index (χ2n) is 7.42. The number of hydrogen-bond donors (Lipinski definition) is 3. The highest BCUT2D eigenvalue weighted by Crippen LogP contribution is 2.34. The summed E-state index contributed by atoms with van der Waals surface area (Å²) in [6, 6.07) is 16.9. The predicted molar refractivity (Wildman–Crippen MR) is 123 cm³/mol. The van der Waals surface area contributed by atoms with Crippen LogP contribution >= 0.6 is 0 Å². The molecule has 0 radical (unpaired) electrons. The van der Waals surface area contributed by atoms with Crippen LogP contribution in [0.15, 0.2) is 67.1 Å². The van der Waals surface area contributed by atoms with Crippen molar-refractivity contribution in [2.45, 2.75) is 25.9 Å². The van der Waals surface area contributed by atoms with E-state index < -0.39 is 0 Å². The number of aliphatic hydroxyl groups is 1. The van der Waals surface area contributed by atoms with Crippen molar-refractivity contribution in [1.82, 2.24) is 19.9 Å². The number of aromatic nitrogens is 3. The first kappa shape index (κ1) is 21.3. The average Bonchev–Trinajstić information content (AvgIpc) is 3.18. The first-order chi connectivity index (χ1) is 15.6. The summed E-state index contributed by atoms with van der Waals surface area (Å²) in [5, 5.41) is 12.9. The second kappa shape index (κ2) is 9.49. The fourth-order valence-corrected chi connectivity index (χ4v) is 3.52. The van der Waals surface area contributed by atoms with E-state index in [1.807, 2.05) is 67.7 Å². The second-order valence-corrected chi connectivity index (χ2v) is 7.42. The number of nitrogens with zero attached hydrogens (tertiary/aromatic N) is 3. The number of anilines is 1. The van der Waals surface area contributed by atoms with Gasteiger partial charge in [0.1, 0.15) is 35.8 Å². The van der Waals surface area contributed by atoms with Crippen molar-refractivity contribution in [2.75, 3.05) is 12.3 Å². The molecule has 0 aliphatic heterocycles. The highest BCUT2D eigenvalue weighted by Gasteiger charge is 2.18. The van der Waals surface area contributed by atoms with Crippen LogP contribution in [0.5, 0.6) is 11.5 Å². The fraction of sp³-hybridized carbons (Fsp3) is 0.208.